The van der Waals surface area contributed by atoms with Gasteiger partial charge in [0, 0.05) is 18.7 Å². The number of para-hydroxylation sites is 1. The second-order valence-electron chi connectivity index (χ2n) is 7.62. The third-order valence-corrected chi connectivity index (χ3v) is 5.62. The maximum atomic E-state index is 12.0. The van der Waals surface area contributed by atoms with Gasteiger partial charge in [0.05, 0.1) is 11.4 Å². The van der Waals surface area contributed by atoms with Crippen molar-refractivity contribution >= 4 is 22.8 Å². The fourth-order valence-corrected chi connectivity index (χ4v) is 4.03. The molecule has 1 saturated heterocycles. The molecule has 1 aliphatic rings. The summed E-state index contributed by atoms with van der Waals surface area (Å²) in [5.41, 5.74) is 8.48. The number of nitrogen functional groups attached to an aromatic ring is 1. The number of anilines is 1. The van der Waals surface area contributed by atoms with Crippen molar-refractivity contribution in [3.05, 3.63) is 73.6 Å². The van der Waals surface area contributed by atoms with E-state index in [1.807, 2.05) is 73.1 Å². The number of likely N-dealkylation sites (tertiary alicyclic amines) is 1. The summed E-state index contributed by atoms with van der Waals surface area (Å²) >= 11 is 0. The molecule has 0 saturated carbocycles. The van der Waals surface area contributed by atoms with E-state index in [9.17, 15) is 4.79 Å². The van der Waals surface area contributed by atoms with Crippen molar-refractivity contribution in [2.75, 3.05) is 18.8 Å². The maximum absolute atomic E-state index is 12.0. The minimum absolute atomic E-state index is 0.00476. The minimum atomic E-state index is -0.0765. The number of hydrogen-bond donors (Lipinski definition) is 1. The van der Waals surface area contributed by atoms with Crippen molar-refractivity contribution in [1.82, 2.24) is 24.6 Å². The molecule has 1 unspecified atom stereocenters. The summed E-state index contributed by atoms with van der Waals surface area (Å²) in [6, 6.07) is 17.3. The summed E-state index contributed by atoms with van der Waals surface area (Å²) < 4.78 is 7.76. The maximum Gasteiger partial charge on any atom is 0.246 e. The SMILES string of the molecule is C=CC(=O)N1CCC(n2nc(-c3ccc(Oc4ccccc4)cc3)c3c(N)ncnc32)C1.CC. The van der Waals surface area contributed by atoms with Gasteiger partial charge in [-0.2, -0.15) is 5.10 Å². The highest BCUT2D eigenvalue weighted by molar-refractivity contribution is 5.98. The summed E-state index contributed by atoms with van der Waals surface area (Å²) in [4.78, 5) is 22.4. The number of hydrogen-bond acceptors (Lipinski definition) is 6. The molecule has 34 heavy (non-hydrogen) atoms. The zero-order chi connectivity index (χ0) is 24.1. The van der Waals surface area contributed by atoms with Crippen LogP contribution >= 0.6 is 0 Å². The van der Waals surface area contributed by atoms with E-state index in [2.05, 4.69) is 16.5 Å². The van der Waals surface area contributed by atoms with E-state index in [1.165, 1.54) is 12.4 Å². The third kappa shape index (κ3) is 4.47. The summed E-state index contributed by atoms with van der Waals surface area (Å²) in [5, 5.41) is 5.57. The first-order chi connectivity index (χ1) is 16.6. The predicted molar refractivity (Wildman–Crippen MR) is 133 cm³/mol. The third-order valence-electron chi connectivity index (χ3n) is 5.62. The molecule has 1 aliphatic heterocycles. The van der Waals surface area contributed by atoms with Gasteiger partial charge in [0.25, 0.3) is 0 Å². The lowest BCUT2D eigenvalue weighted by Crippen LogP contribution is -2.27. The van der Waals surface area contributed by atoms with Crippen LogP contribution in [0.5, 0.6) is 11.5 Å². The summed E-state index contributed by atoms with van der Waals surface area (Å²) in [6.07, 6.45) is 3.57. The molecule has 2 aromatic carbocycles. The Bertz CT molecular complexity index is 1280. The van der Waals surface area contributed by atoms with Gasteiger partial charge in [0.15, 0.2) is 5.65 Å². The molecule has 174 valence electrons. The zero-order valence-corrected chi connectivity index (χ0v) is 19.4. The van der Waals surface area contributed by atoms with Gasteiger partial charge in [0.1, 0.15) is 29.3 Å². The lowest BCUT2D eigenvalue weighted by molar-refractivity contribution is -0.125. The van der Waals surface area contributed by atoms with E-state index in [1.54, 1.807) is 4.90 Å². The number of carbonyl (C=O) groups excluding carboxylic acids is 1. The molecule has 0 bridgehead atoms. The van der Waals surface area contributed by atoms with Crippen molar-refractivity contribution in [1.29, 1.82) is 0 Å². The van der Waals surface area contributed by atoms with Gasteiger partial charge >= 0.3 is 0 Å². The van der Waals surface area contributed by atoms with E-state index in [0.29, 0.717) is 35.6 Å². The lowest BCUT2D eigenvalue weighted by atomic mass is 10.1. The largest absolute Gasteiger partial charge is 0.457 e. The van der Waals surface area contributed by atoms with Crippen LogP contribution in [0.25, 0.3) is 22.3 Å². The molecule has 5 rings (SSSR count). The smallest absolute Gasteiger partial charge is 0.246 e. The van der Waals surface area contributed by atoms with Gasteiger partial charge < -0.3 is 15.4 Å². The van der Waals surface area contributed by atoms with Crippen LogP contribution in [0.2, 0.25) is 0 Å². The number of rotatable bonds is 5. The highest BCUT2D eigenvalue weighted by Crippen LogP contribution is 2.34. The fraction of sp³-hybridized carbons (Fsp3) is 0.231. The van der Waals surface area contributed by atoms with Crippen molar-refractivity contribution in [3.63, 3.8) is 0 Å². The van der Waals surface area contributed by atoms with E-state index >= 15 is 0 Å². The van der Waals surface area contributed by atoms with Crippen LogP contribution in [-0.4, -0.2) is 43.6 Å². The van der Waals surface area contributed by atoms with Crippen LogP contribution in [0.3, 0.4) is 0 Å². The fourth-order valence-electron chi connectivity index (χ4n) is 4.03. The molecule has 1 atom stereocenters. The van der Waals surface area contributed by atoms with E-state index in [-0.39, 0.29) is 11.9 Å². The average Bonchev–Trinajstić information content (AvgIpc) is 3.52. The highest BCUT2D eigenvalue weighted by atomic mass is 16.5. The molecule has 1 amide bonds. The second-order valence-corrected chi connectivity index (χ2v) is 7.62. The molecule has 3 heterocycles. The van der Waals surface area contributed by atoms with Crippen LogP contribution < -0.4 is 10.5 Å². The lowest BCUT2D eigenvalue weighted by Gasteiger charge is -2.14. The number of nitrogens with zero attached hydrogens (tertiary/aromatic N) is 5. The molecule has 8 heteroatoms. The summed E-state index contributed by atoms with van der Waals surface area (Å²) in [5.74, 6) is 1.79. The Labute approximate surface area is 198 Å². The number of ether oxygens (including phenoxy) is 1. The Morgan fingerprint density at radius 2 is 1.79 bits per heavy atom. The Balaban J connectivity index is 0.00000133. The summed E-state index contributed by atoms with van der Waals surface area (Å²) in [7, 11) is 0. The topological polar surface area (TPSA) is 99.2 Å². The number of amides is 1. The standard InChI is InChI=1S/C24H22N6O2.C2H6/c1-2-20(31)29-13-12-17(14-29)30-24-21(23(25)26-15-27-24)22(28-30)16-8-10-19(11-9-16)32-18-6-4-3-5-7-18;1-2/h2-11,15,17H,1,12-14H2,(H2,25,26,27);1-2H3. The number of aromatic nitrogens is 4. The Morgan fingerprint density at radius 1 is 1.09 bits per heavy atom. The molecule has 4 aromatic rings. The van der Waals surface area contributed by atoms with Crippen LogP contribution in [0.4, 0.5) is 5.82 Å². The predicted octanol–water partition coefficient (Wildman–Crippen LogP) is 4.85. The first kappa shape index (κ1) is 23.0. The van der Waals surface area contributed by atoms with Gasteiger partial charge in [-0.15, -0.1) is 0 Å². The summed E-state index contributed by atoms with van der Waals surface area (Å²) in [6.45, 7) is 8.78. The van der Waals surface area contributed by atoms with E-state index in [4.69, 9.17) is 15.6 Å². The van der Waals surface area contributed by atoms with Crippen molar-refractivity contribution in [2.45, 2.75) is 26.3 Å². The first-order valence-corrected chi connectivity index (χ1v) is 11.4. The van der Waals surface area contributed by atoms with Crippen LogP contribution in [0.15, 0.2) is 73.6 Å². The van der Waals surface area contributed by atoms with E-state index in [0.717, 1.165) is 23.5 Å². The first-order valence-electron chi connectivity index (χ1n) is 11.4. The van der Waals surface area contributed by atoms with Crippen LogP contribution in [0, 0.1) is 0 Å². The molecular weight excluding hydrogens is 428 g/mol. The molecule has 8 nitrogen and oxygen atoms in total. The van der Waals surface area contributed by atoms with Crippen LogP contribution in [0.1, 0.15) is 26.3 Å². The number of carbonyl (C=O) groups is 1. The molecule has 1 fully saturated rings. The van der Waals surface area contributed by atoms with Gasteiger partial charge in [0.2, 0.25) is 5.91 Å². The molecule has 0 spiro atoms. The molecule has 0 radical (unpaired) electrons. The average molecular weight is 457 g/mol. The van der Waals surface area contributed by atoms with Gasteiger partial charge in [-0.3, -0.25) is 4.79 Å². The van der Waals surface area contributed by atoms with Crippen LogP contribution in [-0.2, 0) is 4.79 Å². The molecular formula is C26H28N6O2. The number of nitrogens with two attached hydrogens (primary N) is 1. The molecule has 2 N–H and O–H groups in total. The monoisotopic (exact) mass is 456 g/mol. The molecule has 0 aliphatic carbocycles. The van der Waals surface area contributed by atoms with Gasteiger partial charge in [-0.05, 0) is 48.9 Å². The molecule has 2 aromatic heterocycles. The van der Waals surface area contributed by atoms with Gasteiger partial charge in [-0.25, -0.2) is 14.6 Å². The Hall–Kier alpha value is -4.20. The Morgan fingerprint density at radius 3 is 2.50 bits per heavy atom. The van der Waals surface area contributed by atoms with E-state index < -0.39 is 0 Å². The second kappa shape index (κ2) is 10.2. The van der Waals surface area contributed by atoms with Crippen molar-refractivity contribution in [3.8, 4) is 22.8 Å². The quantitative estimate of drug-likeness (QED) is 0.431. The number of fused-ring (bicyclic) bond motifs is 1. The Kier molecular flexibility index (Phi) is 6.87. The van der Waals surface area contributed by atoms with Crippen molar-refractivity contribution < 1.29 is 9.53 Å². The number of benzene rings is 2. The normalized spacial score (nSPS) is 15.0. The highest BCUT2D eigenvalue weighted by Gasteiger charge is 2.30. The zero-order valence-electron chi connectivity index (χ0n) is 19.4. The van der Waals surface area contributed by atoms with Gasteiger partial charge in [-0.1, -0.05) is 38.6 Å². The van der Waals surface area contributed by atoms with Crippen molar-refractivity contribution in [2.24, 2.45) is 0 Å². The minimum Gasteiger partial charge on any atom is -0.457 e.